The molecule has 1 fully saturated rings. The Bertz CT molecular complexity index is 498. The van der Waals surface area contributed by atoms with E-state index in [0.717, 1.165) is 44.0 Å². The lowest BCUT2D eigenvalue weighted by molar-refractivity contribution is 0.0341. The summed E-state index contributed by atoms with van der Waals surface area (Å²) < 4.78 is 27.6. The molecule has 0 bridgehead atoms. The molecule has 0 spiro atoms. The predicted molar refractivity (Wildman–Crippen MR) is 71.0 cm³/mol. The van der Waals surface area contributed by atoms with Crippen molar-refractivity contribution < 1.29 is 13.2 Å². The predicted octanol–water partition coefficient (Wildman–Crippen LogP) is 1.59. The minimum Gasteiger partial charge on any atom is -0.379 e. The zero-order chi connectivity index (χ0) is 13.0. The Kier molecular flexibility index (Phi) is 4.61. The molecule has 1 heterocycles. The van der Waals surface area contributed by atoms with Gasteiger partial charge in [0, 0.05) is 30.3 Å². The highest BCUT2D eigenvalue weighted by Crippen LogP contribution is 2.17. The van der Waals surface area contributed by atoms with Crippen LogP contribution in [0.4, 0.5) is 0 Å². The van der Waals surface area contributed by atoms with Gasteiger partial charge >= 0.3 is 0 Å². The third-order valence-corrected chi connectivity index (χ3v) is 3.93. The van der Waals surface area contributed by atoms with Crippen molar-refractivity contribution in [2.45, 2.75) is 12.3 Å². The van der Waals surface area contributed by atoms with E-state index in [9.17, 15) is 8.42 Å². The van der Waals surface area contributed by atoms with E-state index in [1.807, 2.05) is 24.3 Å². The zero-order valence-corrected chi connectivity index (χ0v) is 11.6. The van der Waals surface area contributed by atoms with E-state index >= 15 is 0 Å². The highest BCUT2D eigenvalue weighted by atomic mass is 35.7. The SMILES string of the molecule is O=S(=O)(Cl)Cc1ccccc1CN1CCOCC1. The molecule has 18 heavy (non-hydrogen) atoms. The van der Waals surface area contributed by atoms with Gasteiger partial charge in [0.1, 0.15) is 0 Å². The molecule has 0 unspecified atom stereocenters. The van der Waals surface area contributed by atoms with Crippen LogP contribution in [-0.4, -0.2) is 39.6 Å². The van der Waals surface area contributed by atoms with Crippen molar-refractivity contribution in [1.29, 1.82) is 0 Å². The van der Waals surface area contributed by atoms with Crippen molar-refractivity contribution >= 4 is 19.7 Å². The molecular formula is C12H16ClNO3S. The van der Waals surface area contributed by atoms with Gasteiger partial charge in [0.05, 0.1) is 19.0 Å². The molecule has 1 aliphatic heterocycles. The monoisotopic (exact) mass is 289 g/mol. The number of halogens is 1. The molecule has 0 amide bonds. The number of ether oxygens (including phenoxy) is 1. The molecule has 100 valence electrons. The Morgan fingerprint density at radius 1 is 1.17 bits per heavy atom. The van der Waals surface area contributed by atoms with E-state index in [4.69, 9.17) is 15.4 Å². The largest absolute Gasteiger partial charge is 0.379 e. The summed E-state index contributed by atoms with van der Waals surface area (Å²) in [6.07, 6.45) is 0. The summed E-state index contributed by atoms with van der Waals surface area (Å²) in [6, 6.07) is 7.52. The van der Waals surface area contributed by atoms with Gasteiger partial charge in [0.2, 0.25) is 9.05 Å². The van der Waals surface area contributed by atoms with Crippen molar-refractivity contribution in [3.63, 3.8) is 0 Å². The summed E-state index contributed by atoms with van der Waals surface area (Å²) in [5.74, 6) is -0.116. The van der Waals surface area contributed by atoms with Crippen molar-refractivity contribution in [3.05, 3.63) is 35.4 Å². The summed E-state index contributed by atoms with van der Waals surface area (Å²) in [6.45, 7) is 3.96. The van der Waals surface area contributed by atoms with E-state index in [1.54, 1.807) is 0 Å². The third kappa shape index (κ3) is 4.24. The van der Waals surface area contributed by atoms with Crippen molar-refractivity contribution in [1.82, 2.24) is 4.90 Å². The van der Waals surface area contributed by atoms with Crippen molar-refractivity contribution in [2.24, 2.45) is 0 Å². The second-order valence-corrected chi connectivity index (χ2v) is 7.12. The Morgan fingerprint density at radius 2 is 1.78 bits per heavy atom. The van der Waals surface area contributed by atoms with Crippen LogP contribution in [0.5, 0.6) is 0 Å². The van der Waals surface area contributed by atoms with Crippen LogP contribution in [0.2, 0.25) is 0 Å². The first kappa shape index (κ1) is 13.8. The lowest BCUT2D eigenvalue weighted by atomic mass is 10.1. The molecular weight excluding hydrogens is 274 g/mol. The van der Waals surface area contributed by atoms with Crippen molar-refractivity contribution in [3.8, 4) is 0 Å². The molecule has 1 aliphatic rings. The minimum absolute atomic E-state index is 0.116. The Hall–Kier alpha value is -0.620. The van der Waals surface area contributed by atoms with Crippen LogP contribution in [0.3, 0.4) is 0 Å². The smallest absolute Gasteiger partial charge is 0.236 e. The number of benzene rings is 1. The highest BCUT2D eigenvalue weighted by molar-refractivity contribution is 8.13. The minimum atomic E-state index is -3.51. The van der Waals surface area contributed by atoms with Gasteiger partial charge in [-0.05, 0) is 11.1 Å². The molecule has 4 nitrogen and oxygen atoms in total. The second-order valence-electron chi connectivity index (χ2n) is 4.34. The van der Waals surface area contributed by atoms with Crippen LogP contribution in [0.25, 0.3) is 0 Å². The Labute approximate surface area is 112 Å². The standard InChI is InChI=1S/C12H16ClNO3S/c13-18(15,16)10-12-4-2-1-3-11(12)9-14-5-7-17-8-6-14/h1-4H,5-10H2. The maximum atomic E-state index is 11.2. The van der Waals surface area contributed by atoms with E-state index in [1.165, 1.54) is 0 Å². The average molecular weight is 290 g/mol. The van der Waals surface area contributed by atoms with Gasteiger partial charge in [0.15, 0.2) is 0 Å². The summed E-state index contributed by atoms with van der Waals surface area (Å²) in [5, 5.41) is 0. The number of hydrogen-bond donors (Lipinski definition) is 0. The lowest BCUT2D eigenvalue weighted by Crippen LogP contribution is -2.35. The number of nitrogens with zero attached hydrogens (tertiary/aromatic N) is 1. The fourth-order valence-corrected chi connectivity index (χ4v) is 3.04. The fourth-order valence-electron chi connectivity index (χ4n) is 2.04. The molecule has 1 saturated heterocycles. The highest BCUT2D eigenvalue weighted by Gasteiger charge is 2.15. The summed E-state index contributed by atoms with van der Waals surface area (Å²) in [7, 11) is 1.81. The third-order valence-electron chi connectivity index (χ3n) is 2.94. The average Bonchev–Trinajstić information content (AvgIpc) is 2.31. The van der Waals surface area contributed by atoms with E-state index in [0.29, 0.717) is 0 Å². The summed E-state index contributed by atoms with van der Waals surface area (Å²) in [5.41, 5.74) is 1.79. The van der Waals surface area contributed by atoms with E-state index < -0.39 is 9.05 Å². The Morgan fingerprint density at radius 3 is 2.39 bits per heavy atom. The number of morpholine rings is 1. The zero-order valence-electron chi connectivity index (χ0n) is 10.0. The quantitative estimate of drug-likeness (QED) is 0.790. The molecule has 6 heteroatoms. The van der Waals surface area contributed by atoms with Gasteiger partial charge < -0.3 is 4.74 Å². The van der Waals surface area contributed by atoms with Gasteiger partial charge in [-0.2, -0.15) is 0 Å². The van der Waals surface area contributed by atoms with Crippen LogP contribution in [0, 0.1) is 0 Å². The van der Waals surface area contributed by atoms with E-state index in [-0.39, 0.29) is 5.75 Å². The molecule has 0 aromatic heterocycles. The first-order valence-electron chi connectivity index (χ1n) is 5.84. The number of hydrogen-bond acceptors (Lipinski definition) is 4. The number of rotatable bonds is 4. The first-order valence-corrected chi connectivity index (χ1v) is 8.32. The topological polar surface area (TPSA) is 46.6 Å². The van der Waals surface area contributed by atoms with Crippen LogP contribution in [0.15, 0.2) is 24.3 Å². The molecule has 1 aromatic rings. The van der Waals surface area contributed by atoms with Crippen molar-refractivity contribution in [2.75, 3.05) is 26.3 Å². The lowest BCUT2D eigenvalue weighted by Gasteiger charge is -2.27. The molecule has 1 aromatic carbocycles. The normalized spacial score (nSPS) is 17.8. The second kappa shape index (κ2) is 6.02. The first-order chi connectivity index (χ1) is 8.54. The van der Waals surface area contributed by atoms with Gasteiger partial charge in [-0.3, -0.25) is 4.90 Å². The molecule has 0 saturated carbocycles. The molecule has 2 rings (SSSR count). The van der Waals surface area contributed by atoms with Crippen LogP contribution >= 0.6 is 10.7 Å². The van der Waals surface area contributed by atoms with Crippen LogP contribution in [-0.2, 0) is 26.1 Å². The Balaban J connectivity index is 2.11. The van der Waals surface area contributed by atoms with Gasteiger partial charge in [0.25, 0.3) is 0 Å². The molecule has 0 N–H and O–H groups in total. The van der Waals surface area contributed by atoms with Gasteiger partial charge in [-0.15, -0.1) is 0 Å². The van der Waals surface area contributed by atoms with Gasteiger partial charge in [-0.25, -0.2) is 8.42 Å². The maximum absolute atomic E-state index is 11.2. The van der Waals surface area contributed by atoms with E-state index in [2.05, 4.69) is 4.90 Å². The summed E-state index contributed by atoms with van der Waals surface area (Å²) >= 11 is 0. The van der Waals surface area contributed by atoms with Crippen LogP contribution in [0.1, 0.15) is 11.1 Å². The van der Waals surface area contributed by atoms with Crippen LogP contribution < -0.4 is 0 Å². The summed E-state index contributed by atoms with van der Waals surface area (Å²) in [4.78, 5) is 2.25. The molecule has 0 aliphatic carbocycles. The molecule has 0 atom stereocenters. The maximum Gasteiger partial charge on any atom is 0.236 e. The molecule has 0 radical (unpaired) electrons. The fraction of sp³-hybridized carbons (Fsp3) is 0.500. The van der Waals surface area contributed by atoms with Gasteiger partial charge in [-0.1, -0.05) is 24.3 Å².